The zero-order valence-electron chi connectivity index (χ0n) is 14.8. The second kappa shape index (κ2) is 7.56. The fourth-order valence-electron chi connectivity index (χ4n) is 3.20. The Morgan fingerprint density at radius 3 is 2.73 bits per heavy atom. The molecule has 0 fully saturated rings. The molecule has 0 saturated carbocycles. The SMILES string of the molecule is CCCCCc1cc(N)c2c(n1)[nH]c1ccc(C(=O)CCC(=O)O)cc12. The van der Waals surface area contributed by atoms with E-state index in [2.05, 4.69) is 16.9 Å². The molecule has 6 nitrogen and oxygen atoms in total. The summed E-state index contributed by atoms with van der Waals surface area (Å²) in [4.78, 5) is 30.8. The second-order valence-electron chi connectivity index (χ2n) is 6.59. The maximum absolute atomic E-state index is 12.2. The van der Waals surface area contributed by atoms with Crippen LogP contribution in [0.1, 0.15) is 55.1 Å². The maximum atomic E-state index is 12.2. The number of pyridine rings is 1. The summed E-state index contributed by atoms with van der Waals surface area (Å²) in [7, 11) is 0. The van der Waals surface area contributed by atoms with Crippen LogP contribution in [0, 0.1) is 0 Å². The monoisotopic (exact) mass is 353 g/mol. The highest BCUT2D eigenvalue weighted by atomic mass is 16.4. The number of ketones is 1. The van der Waals surface area contributed by atoms with E-state index in [4.69, 9.17) is 10.8 Å². The van der Waals surface area contributed by atoms with E-state index >= 15 is 0 Å². The number of nitrogen functional groups attached to an aromatic ring is 1. The highest BCUT2D eigenvalue weighted by Gasteiger charge is 2.14. The molecule has 136 valence electrons. The largest absolute Gasteiger partial charge is 0.481 e. The van der Waals surface area contributed by atoms with Gasteiger partial charge in [0.1, 0.15) is 5.65 Å². The normalized spacial score (nSPS) is 11.3. The number of nitrogens with two attached hydrogens (primary N) is 1. The average molecular weight is 353 g/mol. The predicted molar refractivity (Wildman–Crippen MR) is 102 cm³/mol. The number of hydrogen-bond donors (Lipinski definition) is 3. The molecule has 2 heterocycles. The Balaban J connectivity index is 1.97. The Kier molecular flexibility index (Phi) is 5.21. The zero-order valence-corrected chi connectivity index (χ0v) is 14.8. The number of aryl methyl sites for hydroxylation is 1. The van der Waals surface area contributed by atoms with Crippen molar-refractivity contribution in [1.29, 1.82) is 0 Å². The van der Waals surface area contributed by atoms with E-state index in [9.17, 15) is 9.59 Å². The summed E-state index contributed by atoms with van der Waals surface area (Å²) in [5.74, 6) is -1.16. The van der Waals surface area contributed by atoms with E-state index in [0.717, 1.165) is 53.3 Å². The molecule has 0 bridgehead atoms. The van der Waals surface area contributed by atoms with Crippen LogP contribution in [0.5, 0.6) is 0 Å². The van der Waals surface area contributed by atoms with Crippen LogP contribution in [-0.2, 0) is 11.2 Å². The van der Waals surface area contributed by atoms with Gasteiger partial charge in [-0.05, 0) is 37.1 Å². The van der Waals surface area contributed by atoms with Crippen molar-refractivity contribution in [1.82, 2.24) is 9.97 Å². The quantitative estimate of drug-likeness (QED) is 0.417. The van der Waals surface area contributed by atoms with E-state index in [1.807, 2.05) is 12.1 Å². The molecule has 0 aliphatic heterocycles. The number of aromatic nitrogens is 2. The van der Waals surface area contributed by atoms with Gasteiger partial charge < -0.3 is 15.8 Å². The number of Topliss-reactive ketones (excluding diaryl/α,β-unsaturated/α-hetero) is 1. The summed E-state index contributed by atoms with van der Waals surface area (Å²) in [6.07, 6.45) is 4.10. The highest BCUT2D eigenvalue weighted by molar-refractivity contribution is 6.13. The minimum absolute atomic E-state index is 0.0154. The number of hydrogen-bond acceptors (Lipinski definition) is 4. The van der Waals surface area contributed by atoms with Crippen LogP contribution in [0.15, 0.2) is 24.3 Å². The molecule has 0 radical (unpaired) electrons. The molecule has 0 aliphatic rings. The molecule has 0 spiro atoms. The number of carboxylic acids is 1. The van der Waals surface area contributed by atoms with Crippen LogP contribution >= 0.6 is 0 Å². The molecule has 0 saturated heterocycles. The number of anilines is 1. The van der Waals surface area contributed by atoms with Gasteiger partial charge in [-0.2, -0.15) is 0 Å². The number of fused-ring (bicyclic) bond motifs is 3. The van der Waals surface area contributed by atoms with Gasteiger partial charge in [-0.25, -0.2) is 4.98 Å². The van der Waals surface area contributed by atoms with Crippen molar-refractivity contribution in [2.24, 2.45) is 0 Å². The second-order valence-corrected chi connectivity index (χ2v) is 6.59. The maximum Gasteiger partial charge on any atom is 0.303 e. The fraction of sp³-hybridized carbons (Fsp3) is 0.350. The first-order valence-corrected chi connectivity index (χ1v) is 8.95. The van der Waals surface area contributed by atoms with E-state index < -0.39 is 5.97 Å². The number of aliphatic carboxylic acids is 1. The number of nitrogens with zero attached hydrogens (tertiary/aromatic N) is 1. The van der Waals surface area contributed by atoms with Crippen LogP contribution in [0.25, 0.3) is 21.9 Å². The van der Waals surface area contributed by atoms with Crippen LogP contribution in [0.3, 0.4) is 0 Å². The van der Waals surface area contributed by atoms with Crippen molar-refractivity contribution in [3.8, 4) is 0 Å². The number of benzene rings is 1. The Morgan fingerprint density at radius 2 is 2.00 bits per heavy atom. The van der Waals surface area contributed by atoms with Crippen LogP contribution in [0.4, 0.5) is 5.69 Å². The van der Waals surface area contributed by atoms with Gasteiger partial charge in [-0.3, -0.25) is 9.59 Å². The van der Waals surface area contributed by atoms with Gasteiger partial charge >= 0.3 is 5.97 Å². The molecule has 4 N–H and O–H groups in total. The average Bonchev–Trinajstić information content (AvgIpc) is 2.97. The van der Waals surface area contributed by atoms with Gasteiger partial charge in [-0.1, -0.05) is 19.8 Å². The molecule has 26 heavy (non-hydrogen) atoms. The van der Waals surface area contributed by atoms with Crippen molar-refractivity contribution < 1.29 is 14.7 Å². The lowest BCUT2D eigenvalue weighted by atomic mass is 10.0. The van der Waals surface area contributed by atoms with Crippen LogP contribution in [-0.4, -0.2) is 26.8 Å². The first-order chi connectivity index (χ1) is 12.5. The molecule has 3 rings (SSSR count). The molecular formula is C20H23N3O3. The number of carboxylic acid groups (broad SMARTS) is 1. The predicted octanol–water partition coefficient (Wildman–Crippen LogP) is 4.08. The Bertz CT molecular complexity index is 975. The number of H-pyrrole nitrogens is 1. The lowest BCUT2D eigenvalue weighted by molar-refractivity contribution is -0.136. The summed E-state index contributed by atoms with van der Waals surface area (Å²) in [6, 6.07) is 7.21. The summed E-state index contributed by atoms with van der Waals surface area (Å²) < 4.78 is 0. The Morgan fingerprint density at radius 1 is 1.19 bits per heavy atom. The molecule has 2 aromatic heterocycles. The smallest absolute Gasteiger partial charge is 0.303 e. The van der Waals surface area contributed by atoms with Crippen molar-refractivity contribution in [3.05, 3.63) is 35.5 Å². The molecular weight excluding hydrogens is 330 g/mol. The number of nitrogens with one attached hydrogen (secondary N) is 1. The third-order valence-corrected chi connectivity index (χ3v) is 4.57. The lowest BCUT2D eigenvalue weighted by Crippen LogP contribution is -2.03. The summed E-state index contributed by atoms with van der Waals surface area (Å²) >= 11 is 0. The molecule has 0 aliphatic carbocycles. The van der Waals surface area contributed by atoms with Crippen molar-refractivity contribution >= 4 is 39.4 Å². The van der Waals surface area contributed by atoms with E-state index in [-0.39, 0.29) is 18.6 Å². The van der Waals surface area contributed by atoms with Crippen molar-refractivity contribution in [3.63, 3.8) is 0 Å². The number of rotatable bonds is 8. The molecule has 0 unspecified atom stereocenters. The lowest BCUT2D eigenvalue weighted by Gasteiger charge is -2.04. The highest BCUT2D eigenvalue weighted by Crippen LogP contribution is 2.31. The van der Waals surface area contributed by atoms with Gasteiger partial charge in [0.25, 0.3) is 0 Å². The minimum Gasteiger partial charge on any atom is -0.481 e. The zero-order chi connectivity index (χ0) is 18.7. The van der Waals surface area contributed by atoms with Gasteiger partial charge in [0.15, 0.2) is 5.78 Å². The third-order valence-electron chi connectivity index (χ3n) is 4.57. The van der Waals surface area contributed by atoms with Crippen LogP contribution in [0.2, 0.25) is 0 Å². The third kappa shape index (κ3) is 3.69. The molecule has 0 amide bonds. The summed E-state index contributed by atoms with van der Waals surface area (Å²) in [5.41, 5.74) is 9.96. The number of unbranched alkanes of at least 4 members (excludes halogenated alkanes) is 2. The number of carbonyl (C=O) groups is 2. The Labute approximate surface area is 151 Å². The number of carbonyl (C=O) groups excluding carboxylic acids is 1. The summed E-state index contributed by atoms with van der Waals surface area (Å²) in [5, 5.41) is 10.4. The standard InChI is InChI=1S/C20H23N3O3/c1-2-3-4-5-13-11-15(21)19-14-10-12(17(24)8-9-18(25)26)6-7-16(14)23-20(19)22-13/h6-7,10-11H,2-5,8-9H2,1H3,(H,25,26)(H3,21,22,23). The van der Waals surface area contributed by atoms with E-state index in [1.165, 1.54) is 0 Å². The Hall–Kier alpha value is -2.89. The van der Waals surface area contributed by atoms with Crippen molar-refractivity contribution in [2.75, 3.05) is 5.73 Å². The number of aromatic amines is 1. The molecule has 6 heteroatoms. The van der Waals surface area contributed by atoms with Gasteiger partial charge in [-0.15, -0.1) is 0 Å². The van der Waals surface area contributed by atoms with E-state index in [0.29, 0.717) is 11.3 Å². The van der Waals surface area contributed by atoms with Gasteiger partial charge in [0.05, 0.1) is 6.42 Å². The van der Waals surface area contributed by atoms with Gasteiger partial charge in [0.2, 0.25) is 0 Å². The topological polar surface area (TPSA) is 109 Å². The molecule has 0 atom stereocenters. The fourth-order valence-corrected chi connectivity index (χ4v) is 3.20. The van der Waals surface area contributed by atoms with Crippen molar-refractivity contribution in [2.45, 2.75) is 45.4 Å². The summed E-state index contributed by atoms with van der Waals surface area (Å²) in [6.45, 7) is 2.16. The first-order valence-electron chi connectivity index (χ1n) is 8.95. The first kappa shape index (κ1) is 17.9. The molecule has 3 aromatic rings. The minimum atomic E-state index is -0.976. The van der Waals surface area contributed by atoms with Crippen LogP contribution < -0.4 is 5.73 Å². The van der Waals surface area contributed by atoms with Gasteiger partial charge in [0, 0.05) is 39.7 Å². The van der Waals surface area contributed by atoms with E-state index in [1.54, 1.807) is 12.1 Å². The molecule has 1 aromatic carbocycles.